The van der Waals surface area contributed by atoms with Crippen molar-refractivity contribution in [3.05, 3.63) is 11.9 Å². The van der Waals surface area contributed by atoms with E-state index in [9.17, 15) is 0 Å². The third kappa shape index (κ3) is 3.39. The first-order chi connectivity index (χ1) is 9.67. The van der Waals surface area contributed by atoms with Crippen molar-refractivity contribution in [1.82, 2.24) is 9.97 Å². The molecule has 0 atom stereocenters. The number of hydrogen-bond donors (Lipinski definition) is 2. The number of nitrogens with two attached hydrogens (primary N) is 1. The third-order valence-corrected chi connectivity index (χ3v) is 4.53. The van der Waals surface area contributed by atoms with Crippen LogP contribution in [0.3, 0.4) is 0 Å². The molecule has 1 saturated carbocycles. The highest BCUT2D eigenvalue weighted by atomic mass is 15.3. The number of aryl methyl sites for hydroxylation is 1. The number of hydrazine groups is 1. The Bertz CT molecular complexity index is 404. The molecule has 0 spiro atoms. The summed E-state index contributed by atoms with van der Waals surface area (Å²) in [6.45, 7) is 4.36. The van der Waals surface area contributed by atoms with Crippen molar-refractivity contribution in [2.45, 2.75) is 58.4 Å². The largest absolute Gasteiger partial charge is 0.357 e. The Hall–Kier alpha value is -1.36. The lowest BCUT2D eigenvalue weighted by atomic mass is 9.84. The van der Waals surface area contributed by atoms with Crippen LogP contribution in [0.25, 0.3) is 0 Å². The molecule has 0 aromatic carbocycles. The van der Waals surface area contributed by atoms with E-state index in [1.165, 1.54) is 32.1 Å². The van der Waals surface area contributed by atoms with Gasteiger partial charge in [0.1, 0.15) is 17.5 Å². The van der Waals surface area contributed by atoms with Crippen molar-refractivity contribution < 1.29 is 0 Å². The fourth-order valence-electron chi connectivity index (χ4n) is 3.02. The molecule has 112 valence electrons. The highest BCUT2D eigenvalue weighted by Gasteiger charge is 2.24. The van der Waals surface area contributed by atoms with Gasteiger partial charge in [0.05, 0.1) is 0 Å². The molecular weight excluding hydrogens is 250 g/mol. The lowest BCUT2D eigenvalue weighted by molar-refractivity contribution is 0.313. The van der Waals surface area contributed by atoms with Crippen LogP contribution in [0.5, 0.6) is 0 Å². The molecular formula is C15H27N5. The molecule has 2 rings (SSSR count). The number of nitrogens with zero attached hydrogens (tertiary/aromatic N) is 3. The first-order valence-corrected chi connectivity index (χ1v) is 7.75. The van der Waals surface area contributed by atoms with Gasteiger partial charge in [-0.3, -0.25) is 0 Å². The van der Waals surface area contributed by atoms with Crippen LogP contribution in [-0.4, -0.2) is 23.1 Å². The van der Waals surface area contributed by atoms with Gasteiger partial charge in [0, 0.05) is 25.6 Å². The Morgan fingerprint density at radius 2 is 1.95 bits per heavy atom. The van der Waals surface area contributed by atoms with E-state index in [2.05, 4.69) is 41.2 Å². The normalized spacial score (nSPS) is 22.6. The minimum atomic E-state index is 0.586. The summed E-state index contributed by atoms with van der Waals surface area (Å²) in [6.07, 6.45) is 7.31. The minimum Gasteiger partial charge on any atom is -0.357 e. The number of hydrogen-bond acceptors (Lipinski definition) is 5. The molecule has 1 fully saturated rings. The van der Waals surface area contributed by atoms with E-state index >= 15 is 0 Å². The molecule has 1 aromatic rings. The second-order valence-electron chi connectivity index (χ2n) is 5.72. The summed E-state index contributed by atoms with van der Waals surface area (Å²) in [5.41, 5.74) is 2.64. The smallest absolute Gasteiger partial charge is 0.145 e. The molecule has 1 heterocycles. The highest BCUT2D eigenvalue weighted by Crippen LogP contribution is 2.31. The van der Waals surface area contributed by atoms with Crippen molar-refractivity contribution in [2.24, 2.45) is 11.8 Å². The van der Waals surface area contributed by atoms with Crippen LogP contribution in [0.2, 0.25) is 0 Å². The van der Waals surface area contributed by atoms with Gasteiger partial charge in [-0.2, -0.15) is 0 Å². The Kier molecular flexibility index (Phi) is 5.17. The van der Waals surface area contributed by atoms with Gasteiger partial charge < -0.3 is 10.3 Å². The molecule has 0 amide bonds. The molecule has 0 saturated heterocycles. The summed E-state index contributed by atoms with van der Waals surface area (Å²) in [6, 6.07) is 2.52. The first-order valence-electron chi connectivity index (χ1n) is 7.75. The zero-order valence-electron chi connectivity index (χ0n) is 12.9. The van der Waals surface area contributed by atoms with Crippen LogP contribution >= 0.6 is 0 Å². The molecule has 0 aliphatic heterocycles. The molecule has 1 aromatic heterocycles. The van der Waals surface area contributed by atoms with Crippen LogP contribution in [-0.2, 0) is 6.42 Å². The Labute approximate surface area is 121 Å². The molecule has 3 N–H and O–H groups in total. The molecule has 0 radical (unpaired) electrons. The first kappa shape index (κ1) is 15.0. The van der Waals surface area contributed by atoms with Gasteiger partial charge in [0.2, 0.25) is 0 Å². The molecule has 0 unspecified atom stereocenters. The fraction of sp³-hybridized carbons (Fsp3) is 0.733. The monoisotopic (exact) mass is 277 g/mol. The molecule has 20 heavy (non-hydrogen) atoms. The summed E-state index contributed by atoms with van der Waals surface area (Å²) >= 11 is 0. The van der Waals surface area contributed by atoms with Crippen LogP contribution in [0.4, 0.5) is 11.6 Å². The van der Waals surface area contributed by atoms with Gasteiger partial charge in [-0.25, -0.2) is 15.8 Å². The van der Waals surface area contributed by atoms with Gasteiger partial charge in [0.25, 0.3) is 0 Å². The third-order valence-electron chi connectivity index (χ3n) is 4.53. The lowest BCUT2D eigenvalue weighted by Crippen LogP contribution is -2.36. The van der Waals surface area contributed by atoms with Gasteiger partial charge in [-0.1, -0.05) is 20.3 Å². The van der Waals surface area contributed by atoms with Crippen LogP contribution in [0.1, 0.15) is 51.8 Å². The predicted molar refractivity (Wildman–Crippen MR) is 83.7 cm³/mol. The van der Waals surface area contributed by atoms with Crippen LogP contribution < -0.4 is 16.2 Å². The number of rotatable bonds is 5. The van der Waals surface area contributed by atoms with Crippen LogP contribution in [0, 0.1) is 5.92 Å². The van der Waals surface area contributed by atoms with E-state index in [0.29, 0.717) is 11.9 Å². The van der Waals surface area contributed by atoms with E-state index in [4.69, 9.17) is 5.84 Å². The second-order valence-corrected chi connectivity index (χ2v) is 5.72. The zero-order chi connectivity index (χ0) is 14.5. The summed E-state index contributed by atoms with van der Waals surface area (Å²) in [5, 5.41) is 0. The van der Waals surface area contributed by atoms with Crippen molar-refractivity contribution in [3.63, 3.8) is 0 Å². The standard InChI is InChI=1S/C15H27N5/c1-4-11-6-8-12(9-7-11)20(3)15-10-14(19-16)17-13(5-2)18-15/h10-12H,4-9,16H2,1-3H3,(H,17,18,19). The number of nitrogens with one attached hydrogen (secondary N) is 1. The van der Waals surface area contributed by atoms with Crippen molar-refractivity contribution in [2.75, 3.05) is 17.4 Å². The maximum Gasteiger partial charge on any atom is 0.145 e. The van der Waals surface area contributed by atoms with Crippen LogP contribution in [0.15, 0.2) is 6.07 Å². The van der Waals surface area contributed by atoms with Crippen molar-refractivity contribution in [3.8, 4) is 0 Å². The fourth-order valence-corrected chi connectivity index (χ4v) is 3.02. The Morgan fingerprint density at radius 3 is 2.50 bits per heavy atom. The van der Waals surface area contributed by atoms with Gasteiger partial charge in [-0.05, 0) is 31.6 Å². The number of nitrogen functional groups attached to an aromatic ring is 1. The molecule has 5 heteroatoms. The van der Waals surface area contributed by atoms with Gasteiger partial charge in [-0.15, -0.1) is 0 Å². The van der Waals surface area contributed by atoms with Crippen molar-refractivity contribution in [1.29, 1.82) is 0 Å². The summed E-state index contributed by atoms with van der Waals surface area (Å²) in [5.74, 6) is 8.92. The quantitative estimate of drug-likeness (QED) is 0.640. The van der Waals surface area contributed by atoms with E-state index in [0.717, 1.165) is 24.0 Å². The van der Waals surface area contributed by atoms with Crippen molar-refractivity contribution >= 4 is 11.6 Å². The number of anilines is 2. The predicted octanol–water partition coefficient (Wildman–Crippen LogP) is 2.73. The SMILES string of the molecule is CCc1nc(NN)cc(N(C)C2CCC(CC)CC2)n1. The molecule has 0 bridgehead atoms. The van der Waals surface area contributed by atoms with E-state index in [1.807, 2.05) is 6.07 Å². The van der Waals surface area contributed by atoms with E-state index < -0.39 is 0 Å². The summed E-state index contributed by atoms with van der Waals surface area (Å²) in [4.78, 5) is 11.3. The molecule has 1 aliphatic rings. The maximum absolute atomic E-state index is 5.50. The summed E-state index contributed by atoms with van der Waals surface area (Å²) < 4.78 is 0. The molecule has 1 aliphatic carbocycles. The Morgan fingerprint density at radius 1 is 1.25 bits per heavy atom. The Balaban J connectivity index is 2.10. The lowest BCUT2D eigenvalue weighted by Gasteiger charge is -2.35. The second kappa shape index (κ2) is 6.88. The topological polar surface area (TPSA) is 67.1 Å². The average Bonchev–Trinajstić information content (AvgIpc) is 2.53. The molecule has 5 nitrogen and oxygen atoms in total. The minimum absolute atomic E-state index is 0.586. The van der Waals surface area contributed by atoms with E-state index in [-0.39, 0.29) is 0 Å². The van der Waals surface area contributed by atoms with E-state index in [1.54, 1.807) is 0 Å². The summed E-state index contributed by atoms with van der Waals surface area (Å²) in [7, 11) is 2.14. The zero-order valence-corrected chi connectivity index (χ0v) is 12.9. The highest BCUT2D eigenvalue weighted by molar-refractivity contribution is 5.49. The number of aromatic nitrogens is 2. The average molecular weight is 277 g/mol. The maximum atomic E-state index is 5.50. The van der Waals surface area contributed by atoms with Gasteiger partial charge in [0.15, 0.2) is 0 Å². The van der Waals surface area contributed by atoms with Gasteiger partial charge >= 0.3 is 0 Å².